The van der Waals surface area contributed by atoms with Crippen molar-refractivity contribution in [2.75, 3.05) is 34.4 Å². The number of unbranched alkanes of at least 4 members (excludes halogenated alkanes) is 1. The van der Waals surface area contributed by atoms with Gasteiger partial charge in [0.2, 0.25) is 0 Å². The van der Waals surface area contributed by atoms with Gasteiger partial charge < -0.3 is 43.7 Å². The number of pyridine rings is 1. The third-order valence-electron chi connectivity index (χ3n) is 12.4. The third kappa shape index (κ3) is 9.14. The topological polar surface area (TPSA) is 205 Å². The maximum atomic E-state index is 14.7. The number of carbonyl (C=O) groups is 4. The van der Waals surface area contributed by atoms with Gasteiger partial charge in [0.25, 0.3) is 0 Å². The number of Topliss-reactive ketones (excluding diaryl/α,β-unsaturated/α-hetero) is 2. The highest BCUT2D eigenvalue weighted by Gasteiger charge is 2.60. The van der Waals surface area contributed by atoms with Gasteiger partial charge in [-0.25, -0.2) is 4.79 Å². The average molecular weight is 815 g/mol. The molecule has 3 aliphatic heterocycles. The van der Waals surface area contributed by atoms with E-state index < -0.39 is 95.5 Å². The summed E-state index contributed by atoms with van der Waals surface area (Å²) < 4.78 is 32.3. The monoisotopic (exact) mass is 814 g/mol. The molecule has 13 atom stereocenters. The highest BCUT2D eigenvalue weighted by atomic mass is 16.7. The molecule has 5 heterocycles. The van der Waals surface area contributed by atoms with Gasteiger partial charge in [-0.05, 0) is 72.7 Å². The first kappa shape index (κ1) is 45.2. The number of aliphatic hydroxyl groups excluding tert-OH is 2. The van der Waals surface area contributed by atoms with E-state index in [0.717, 1.165) is 0 Å². The van der Waals surface area contributed by atoms with E-state index in [1.807, 2.05) is 24.4 Å². The summed E-state index contributed by atoms with van der Waals surface area (Å²) in [4.78, 5) is 64.2. The first-order chi connectivity index (χ1) is 27.4. The summed E-state index contributed by atoms with van der Waals surface area (Å²) in [5.41, 5.74) is -1.42. The van der Waals surface area contributed by atoms with E-state index in [-0.39, 0.29) is 31.8 Å². The minimum atomic E-state index is -1.43. The largest absolute Gasteiger partial charge is 0.458 e. The number of nitrogens with zero attached hydrogens (tertiary/aromatic N) is 6. The fraction of sp³-hybridized carbons (Fsp3) is 0.732. The van der Waals surface area contributed by atoms with E-state index in [9.17, 15) is 29.4 Å². The summed E-state index contributed by atoms with van der Waals surface area (Å²) in [6.07, 6.45) is -1.36. The quantitative estimate of drug-likeness (QED) is 0.190. The Labute approximate surface area is 340 Å². The van der Waals surface area contributed by atoms with Crippen molar-refractivity contribution in [2.24, 2.45) is 23.7 Å². The van der Waals surface area contributed by atoms with Gasteiger partial charge in [-0.2, -0.15) is 0 Å². The molecule has 17 nitrogen and oxygen atoms in total. The molecule has 0 bridgehead atoms. The van der Waals surface area contributed by atoms with Crippen molar-refractivity contribution >= 4 is 23.6 Å². The molecule has 2 aromatic heterocycles. The Morgan fingerprint density at radius 3 is 2.33 bits per heavy atom. The summed E-state index contributed by atoms with van der Waals surface area (Å²) in [6.45, 7) is 12.4. The van der Waals surface area contributed by atoms with Gasteiger partial charge >= 0.3 is 12.1 Å². The normalized spacial score (nSPS) is 36.7. The van der Waals surface area contributed by atoms with Crippen LogP contribution in [-0.2, 0) is 44.6 Å². The van der Waals surface area contributed by atoms with Crippen LogP contribution in [0.4, 0.5) is 4.79 Å². The van der Waals surface area contributed by atoms with Gasteiger partial charge in [-0.15, -0.1) is 5.10 Å². The number of aryl methyl sites for hydroxylation is 1. The lowest BCUT2D eigenvalue weighted by Crippen LogP contribution is -2.62. The minimum absolute atomic E-state index is 0.0736. The van der Waals surface area contributed by atoms with E-state index in [1.165, 1.54) is 14.0 Å². The van der Waals surface area contributed by atoms with Crippen molar-refractivity contribution < 1.29 is 53.1 Å². The summed E-state index contributed by atoms with van der Waals surface area (Å²) in [7, 11) is 4.88. The van der Waals surface area contributed by atoms with Crippen molar-refractivity contribution in [1.82, 2.24) is 29.8 Å². The molecule has 0 unspecified atom stereocenters. The highest BCUT2D eigenvalue weighted by molar-refractivity contribution is 6.00. The SMILES string of the molecule is CC[C@H]1OC(=O)[C@H](C)C(=O)[C@H](C)[C@@H](O[C@@H]2OC[C@@H](O)[C@H](N(C)C)[C@H]2O)[C@@](C)(OC)C[C@@H](C)C(=O)[C@H](C)[C@H]2N(CCCCn3cc(-c4ccccn4)nn3)C(=O)O[C@]12C. The Bertz CT molecular complexity index is 1750. The van der Waals surface area contributed by atoms with Crippen LogP contribution in [0.3, 0.4) is 0 Å². The number of likely N-dealkylation sites (N-methyl/N-ethyl adjacent to an activating group) is 1. The van der Waals surface area contributed by atoms with Gasteiger partial charge in [-0.3, -0.25) is 24.0 Å². The van der Waals surface area contributed by atoms with Crippen LogP contribution >= 0.6 is 0 Å². The van der Waals surface area contributed by atoms with Crippen molar-refractivity contribution in [1.29, 1.82) is 0 Å². The van der Waals surface area contributed by atoms with Gasteiger partial charge in [0.1, 0.15) is 29.6 Å². The van der Waals surface area contributed by atoms with Crippen LogP contribution in [0, 0.1) is 23.7 Å². The standard InChI is InChI=1S/C41H62N6O11/c1-11-30-41(7)35(47(39(53)58-41)19-15-14-18-46-21-28(43-44-46)27-16-12-13-17-42-27)24(3)32(49)23(2)20-40(6,54-10)36(25(4)33(50)26(5)37(52)56-30)57-38-34(51)31(45(8)9)29(48)22-55-38/h12-13,16-17,21,23-26,29-31,34-36,38,48,51H,11,14-15,18-20,22H2,1-10H3/t23-,24+,25+,26-,29-,30-,31+,34-,35-,36-,38+,40+,41-/m1/s1. The van der Waals surface area contributed by atoms with Gasteiger partial charge in [0.05, 0.1) is 48.4 Å². The smallest absolute Gasteiger partial charge is 0.410 e. The minimum Gasteiger partial charge on any atom is -0.458 e. The molecule has 2 N–H and O–H groups in total. The number of rotatable bonds is 11. The Hall–Kier alpha value is -3.87. The number of ketones is 2. The van der Waals surface area contributed by atoms with Gasteiger partial charge in [-0.1, -0.05) is 39.0 Å². The van der Waals surface area contributed by atoms with Gasteiger partial charge in [0, 0.05) is 44.1 Å². The predicted molar refractivity (Wildman–Crippen MR) is 209 cm³/mol. The first-order valence-electron chi connectivity index (χ1n) is 20.3. The maximum Gasteiger partial charge on any atom is 0.410 e. The molecule has 3 saturated heterocycles. The number of ether oxygens (including phenoxy) is 5. The van der Waals surface area contributed by atoms with Crippen molar-refractivity contribution in [3.63, 3.8) is 0 Å². The zero-order valence-corrected chi connectivity index (χ0v) is 35.4. The number of carbonyl (C=O) groups excluding carboxylic acids is 4. The fourth-order valence-corrected chi connectivity index (χ4v) is 9.20. The Kier molecular flexibility index (Phi) is 14.5. The molecule has 58 heavy (non-hydrogen) atoms. The number of aromatic nitrogens is 4. The lowest BCUT2D eigenvalue weighted by atomic mass is 9.73. The lowest BCUT2D eigenvalue weighted by Gasteiger charge is -2.47. The molecule has 0 radical (unpaired) electrons. The van der Waals surface area contributed by atoms with Crippen molar-refractivity contribution in [3.05, 3.63) is 30.6 Å². The molecule has 0 aromatic carbocycles. The van der Waals surface area contributed by atoms with Gasteiger partial charge in [0.15, 0.2) is 17.7 Å². The zero-order valence-electron chi connectivity index (χ0n) is 35.4. The summed E-state index contributed by atoms with van der Waals surface area (Å²) in [5.74, 6) is -5.29. The van der Waals surface area contributed by atoms with E-state index in [4.69, 9.17) is 23.7 Å². The van der Waals surface area contributed by atoms with E-state index >= 15 is 0 Å². The molecular formula is C41H62N6O11. The number of amides is 1. The maximum absolute atomic E-state index is 14.7. The Morgan fingerprint density at radius 1 is 0.983 bits per heavy atom. The molecule has 0 spiro atoms. The van der Waals surface area contributed by atoms with Crippen LogP contribution in [0.5, 0.6) is 0 Å². The number of fused-ring (bicyclic) bond motifs is 1. The molecule has 0 saturated carbocycles. The van der Waals surface area contributed by atoms with Crippen molar-refractivity contribution in [3.8, 4) is 11.4 Å². The number of aliphatic hydroxyl groups is 2. The molecule has 5 rings (SSSR count). The number of esters is 1. The predicted octanol–water partition coefficient (Wildman–Crippen LogP) is 2.91. The lowest BCUT2D eigenvalue weighted by molar-refractivity contribution is -0.296. The molecule has 1 amide bonds. The second kappa shape index (κ2) is 18.6. The molecule has 17 heteroatoms. The molecule has 322 valence electrons. The first-order valence-corrected chi connectivity index (χ1v) is 20.3. The van der Waals surface area contributed by atoms with Crippen LogP contribution in [-0.4, -0.2) is 152 Å². The molecule has 2 aromatic rings. The zero-order chi connectivity index (χ0) is 42.7. The van der Waals surface area contributed by atoms with Crippen LogP contribution in [0.1, 0.15) is 74.1 Å². The molecule has 3 fully saturated rings. The second-order valence-corrected chi connectivity index (χ2v) is 16.8. The van der Waals surface area contributed by atoms with Crippen LogP contribution in [0.25, 0.3) is 11.4 Å². The Balaban J connectivity index is 1.43. The third-order valence-corrected chi connectivity index (χ3v) is 12.4. The number of hydrogen-bond donors (Lipinski definition) is 2. The van der Waals surface area contributed by atoms with Crippen LogP contribution < -0.4 is 0 Å². The Morgan fingerprint density at radius 2 is 1.69 bits per heavy atom. The number of methoxy groups -OCH3 is 1. The van der Waals surface area contributed by atoms with E-state index in [0.29, 0.717) is 30.8 Å². The summed E-state index contributed by atoms with van der Waals surface area (Å²) >= 11 is 0. The average Bonchev–Trinajstić information content (AvgIpc) is 3.77. The fourth-order valence-electron chi connectivity index (χ4n) is 9.20. The van der Waals surface area contributed by atoms with Crippen LogP contribution in [0.15, 0.2) is 30.6 Å². The molecule has 0 aliphatic carbocycles. The summed E-state index contributed by atoms with van der Waals surface area (Å²) in [5, 5.41) is 30.4. The molecule has 3 aliphatic rings. The summed E-state index contributed by atoms with van der Waals surface area (Å²) in [6, 6.07) is 3.99. The van der Waals surface area contributed by atoms with Crippen LogP contribution in [0.2, 0.25) is 0 Å². The van der Waals surface area contributed by atoms with Crippen molar-refractivity contribution in [2.45, 2.75) is 135 Å². The number of cyclic esters (lactones) is 1. The van der Waals surface area contributed by atoms with E-state index in [1.54, 1.807) is 76.3 Å². The number of hydrogen-bond acceptors (Lipinski definition) is 15. The molecular weight excluding hydrogens is 752 g/mol. The second-order valence-electron chi connectivity index (χ2n) is 16.8. The highest BCUT2D eigenvalue weighted by Crippen LogP contribution is 2.43. The van der Waals surface area contributed by atoms with E-state index in [2.05, 4.69) is 15.3 Å².